The molecule has 3 N–H and O–H groups in total. The number of aliphatic hydroxyl groups excluding tert-OH is 1. The van der Waals surface area contributed by atoms with Gasteiger partial charge in [-0.25, -0.2) is 0 Å². The lowest BCUT2D eigenvalue weighted by molar-refractivity contribution is 0.131. The van der Waals surface area contributed by atoms with E-state index in [1.165, 1.54) is 44.1 Å². The third-order valence-electron chi connectivity index (χ3n) is 3.91. The molecule has 1 aromatic carbocycles. The van der Waals surface area contributed by atoms with Crippen LogP contribution in [0.5, 0.6) is 0 Å². The lowest BCUT2D eigenvalue weighted by Gasteiger charge is -2.18. The Labute approximate surface area is 124 Å². The summed E-state index contributed by atoms with van der Waals surface area (Å²) in [6.07, 6.45) is 10.2. The van der Waals surface area contributed by atoms with Crippen molar-refractivity contribution in [1.82, 2.24) is 0 Å². The normalized spacial score (nSPS) is 14.2. The van der Waals surface area contributed by atoms with Gasteiger partial charge in [0.1, 0.15) is 0 Å². The third-order valence-corrected chi connectivity index (χ3v) is 3.91. The Morgan fingerprint density at radius 3 is 2.20 bits per heavy atom. The highest BCUT2D eigenvalue weighted by Crippen LogP contribution is 2.12. The van der Waals surface area contributed by atoms with Gasteiger partial charge < -0.3 is 10.8 Å². The fourth-order valence-corrected chi connectivity index (χ4v) is 2.55. The van der Waals surface area contributed by atoms with Crippen LogP contribution in [0.2, 0.25) is 0 Å². The van der Waals surface area contributed by atoms with Gasteiger partial charge in [0.15, 0.2) is 0 Å². The first-order chi connectivity index (χ1) is 9.74. The van der Waals surface area contributed by atoms with Crippen LogP contribution in [0.15, 0.2) is 30.3 Å². The smallest absolute Gasteiger partial charge is 0.0694 e. The number of hydrogen-bond acceptors (Lipinski definition) is 2. The summed E-state index contributed by atoms with van der Waals surface area (Å²) in [4.78, 5) is 0. The SMILES string of the molecule is CCCCCCCCCC(O)C(N)Cc1ccccc1. The fraction of sp³-hybridized carbons (Fsp3) is 0.667. The second-order valence-corrected chi connectivity index (χ2v) is 5.83. The molecule has 0 amide bonds. The zero-order valence-electron chi connectivity index (χ0n) is 12.9. The number of aliphatic hydroxyl groups is 1. The number of unbranched alkanes of at least 4 members (excludes halogenated alkanes) is 6. The fourth-order valence-electron chi connectivity index (χ4n) is 2.55. The molecule has 0 heterocycles. The Morgan fingerprint density at radius 1 is 0.950 bits per heavy atom. The molecule has 0 radical (unpaired) electrons. The van der Waals surface area contributed by atoms with Crippen LogP contribution in [0.25, 0.3) is 0 Å². The van der Waals surface area contributed by atoms with Gasteiger partial charge in [0.05, 0.1) is 6.10 Å². The summed E-state index contributed by atoms with van der Waals surface area (Å²) in [5, 5.41) is 10.1. The van der Waals surface area contributed by atoms with Gasteiger partial charge in [0.25, 0.3) is 0 Å². The van der Waals surface area contributed by atoms with Crippen molar-refractivity contribution in [2.75, 3.05) is 0 Å². The molecule has 2 atom stereocenters. The standard InChI is InChI=1S/C18H31NO/c1-2-3-4-5-6-7-11-14-18(20)17(19)15-16-12-9-8-10-13-16/h8-10,12-13,17-18,20H,2-7,11,14-15,19H2,1H3. The van der Waals surface area contributed by atoms with Crippen molar-refractivity contribution in [1.29, 1.82) is 0 Å². The molecule has 114 valence electrons. The van der Waals surface area contributed by atoms with Crippen molar-refractivity contribution in [3.05, 3.63) is 35.9 Å². The molecule has 0 fully saturated rings. The minimum atomic E-state index is -0.370. The topological polar surface area (TPSA) is 46.2 Å². The van der Waals surface area contributed by atoms with Gasteiger partial charge in [0, 0.05) is 6.04 Å². The van der Waals surface area contributed by atoms with Crippen LogP contribution in [0.4, 0.5) is 0 Å². The zero-order chi connectivity index (χ0) is 14.6. The highest BCUT2D eigenvalue weighted by Gasteiger charge is 2.14. The molecule has 0 saturated heterocycles. The van der Waals surface area contributed by atoms with E-state index in [9.17, 15) is 5.11 Å². The van der Waals surface area contributed by atoms with E-state index >= 15 is 0 Å². The first kappa shape index (κ1) is 17.2. The molecule has 0 saturated carbocycles. The summed E-state index contributed by atoms with van der Waals surface area (Å²) < 4.78 is 0. The van der Waals surface area contributed by atoms with Gasteiger partial charge in [-0.2, -0.15) is 0 Å². The zero-order valence-corrected chi connectivity index (χ0v) is 12.9. The van der Waals surface area contributed by atoms with Crippen LogP contribution in [-0.4, -0.2) is 17.3 Å². The summed E-state index contributed by atoms with van der Waals surface area (Å²) in [5.41, 5.74) is 7.29. The predicted octanol–water partition coefficient (Wildman–Crippen LogP) is 4.06. The number of benzene rings is 1. The van der Waals surface area contributed by atoms with Crippen molar-refractivity contribution in [3.8, 4) is 0 Å². The lowest BCUT2D eigenvalue weighted by Crippen LogP contribution is -2.36. The van der Waals surface area contributed by atoms with E-state index in [0.29, 0.717) is 0 Å². The van der Waals surface area contributed by atoms with Crippen molar-refractivity contribution in [3.63, 3.8) is 0 Å². The molecule has 1 aromatic rings. The van der Waals surface area contributed by atoms with E-state index in [-0.39, 0.29) is 12.1 Å². The summed E-state index contributed by atoms with van der Waals surface area (Å²) in [6, 6.07) is 10.0. The molecular formula is C18H31NO. The molecule has 0 aliphatic heterocycles. The maximum Gasteiger partial charge on any atom is 0.0694 e. The molecule has 2 heteroatoms. The minimum absolute atomic E-state index is 0.141. The molecule has 0 aromatic heterocycles. The van der Waals surface area contributed by atoms with Crippen molar-refractivity contribution < 1.29 is 5.11 Å². The highest BCUT2D eigenvalue weighted by atomic mass is 16.3. The molecule has 0 aliphatic rings. The molecule has 1 rings (SSSR count). The second kappa shape index (κ2) is 10.9. The van der Waals surface area contributed by atoms with E-state index in [1.54, 1.807) is 0 Å². The van der Waals surface area contributed by atoms with Gasteiger partial charge in [-0.15, -0.1) is 0 Å². The van der Waals surface area contributed by atoms with Crippen molar-refractivity contribution in [2.24, 2.45) is 5.73 Å². The van der Waals surface area contributed by atoms with Gasteiger partial charge >= 0.3 is 0 Å². The predicted molar refractivity (Wildman–Crippen MR) is 86.7 cm³/mol. The summed E-state index contributed by atoms with van der Waals surface area (Å²) in [6.45, 7) is 2.24. The Kier molecular flexibility index (Phi) is 9.35. The molecule has 0 bridgehead atoms. The van der Waals surface area contributed by atoms with E-state index < -0.39 is 0 Å². The number of rotatable bonds is 11. The van der Waals surface area contributed by atoms with E-state index in [0.717, 1.165) is 19.3 Å². The van der Waals surface area contributed by atoms with Gasteiger partial charge in [0.2, 0.25) is 0 Å². The van der Waals surface area contributed by atoms with E-state index in [2.05, 4.69) is 19.1 Å². The van der Waals surface area contributed by atoms with Crippen LogP contribution in [0.3, 0.4) is 0 Å². The number of hydrogen-bond donors (Lipinski definition) is 2. The summed E-state index contributed by atoms with van der Waals surface area (Å²) in [5.74, 6) is 0. The van der Waals surface area contributed by atoms with Crippen LogP contribution < -0.4 is 5.73 Å². The molecule has 2 nitrogen and oxygen atoms in total. The quantitative estimate of drug-likeness (QED) is 0.599. The minimum Gasteiger partial charge on any atom is -0.392 e. The monoisotopic (exact) mass is 277 g/mol. The van der Waals surface area contributed by atoms with Crippen LogP contribution in [-0.2, 0) is 6.42 Å². The Hall–Kier alpha value is -0.860. The molecule has 0 spiro atoms. The van der Waals surface area contributed by atoms with Crippen LogP contribution in [0, 0.1) is 0 Å². The first-order valence-electron chi connectivity index (χ1n) is 8.21. The van der Waals surface area contributed by atoms with Crippen molar-refractivity contribution in [2.45, 2.75) is 76.9 Å². The molecular weight excluding hydrogens is 246 g/mol. The molecule has 20 heavy (non-hydrogen) atoms. The van der Waals surface area contributed by atoms with E-state index in [1.807, 2.05) is 18.2 Å². The van der Waals surface area contributed by atoms with Gasteiger partial charge in [-0.3, -0.25) is 0 Å². The van der Waals surface area contributed by atoms with Crippen LogP contribution >= 0.6 is 0 Å². The van der Waals surface area contributed by atoms with Gasteiger partial charge in [-0.1, -0.05) is 82.2 Å². The Balaban J connectivity index is 2.08. The highest BCUT2D eigenvalue weighted by molar-refractivity contribution is 5.16. The van der Waals surface area contributed by atoms with Crippen LogP contribution in [0.1, 0.15) is 63.9 Å². The van der Waals surface area contributed by atoms with Gasteiger partial charge in [-0.05, 0) is 18.4 Å². The third kappa shape index (κ3) is 7.66. The largest absolute Gasteiger partial charge is 0.392 e. The molecule has 2 unspecified atom stereocenters. The average molecular weight is 277 g/mol. The average Bonchev–Trinajstić information content (AvgIpc) is 2.47. The second-order valence-electron chi connectivity index (χ2n) is 5.83. The lowest BCUT2D eigenvalue weighted by atomic mass is 9.98. The maximum absolute atomic E-state index is 10.1. The first-order valence-corrected chi connectivity index (χ1v) is 8.21. The molecule has 0 aliphatic carbocycles. The summed E-state index contributed by atoms with van der Waals surface area (Å²) in [7, 11) is 0. The maximum atomic E-state index is 10.1. The van der Waals surface area contributed by atoms with Crippen molar-refractivity contribution >= 4 is 0 Å². The Bertz CT molecular complexity index is 325. The summed E-state index contributed by atoms with van der Waals surface area (Å²) >= 11 is 0. The Morgan fingerprint density at radius 2 is 1.55 bits per heavy atom. The van der Waals surface area contributed by atoms with E-state index in [4.69, 9.17) is 5.73 Å². The number of nitrogens with two attached hydrogens (primary N) is 1.